The maximum Gasteiger partial charge on any atom is 0.259 e. The van der Waals surface area contributed by atoms with Crippen LogP contribution >= 0.6 is 0 Å². The number of hydrazone groups is 1. The van der Waals surface area contributed by atoms with Gasteiger partial charge >= 0.3 is 0 Å². The first-order chi connectivity index (χ1) is 11.5. The van der Waals surface area contributed by atoms with Gasteiger partial charge in [-0.05, 0) is 49.4 Å². The molecule has 0 heterocycles. The van der Waals surface area contributed by atoms with Crippen LogP contribution < -0.4 is 15.5 Å². The molecule has 1 amide bonds. The summed E-state index contributed by atoms with van der Waals surface area (Å²) < 4.78 is 5.06. The Balaban J connectivity index is 1.90. The van der Waals surface area contributed by atoms with Crippen molar-refractivity contribution < 1.29 is 19.7 Å². The molecule has 2 aromatic carbocycles. The standard InChI is InChI=1S/C17H19N3O4/c1-11(15-9-13(21)5-8-16(15)22)19-20-17(23)10-18-12-3-6-14(24-2)7-4-12/h3-9,18,21-22H,10H2,1-2H3,(H,20,23)/b19-11-. The number of amides is 1. The van der Waals surface area contributed by atoms with Crippen molar-refractivity contribution in [3.05, 3.63) is 48.0 Å². The molecule has 0 aliphatic carbocycles. The van der Waals surface area contributed by atoms with Crippen LogP contribution in [0.2, 0.25) is 0 Å². The molecule has 0 atom stereocenters. The van der Waals surface area contributed by atoms with E-state index < -0.39 is 0 Å². The number of anilines is 1. The van der Waals surface area contributed by atoms with Crippen LogP contribution in [0.3, 0.4) is 0 Å². The Bertz CT molecular complexity index is 742. The van der Waals surface area contributed by atoms with Gasteiger partial charge in [0, 0.05) is 11.3 Å². The Morgan fingerprint density at radius 3 is 2.54 bits per heavy atom. The molecule has 0 saturated heterocycles. The lowest BCUT2D eigenvalue weighted by Gasteiger charge is -2.08. The predicted octanol–water partition coefficient (Wildman–Crippen LogP) is 2.06. The summed E-state index contributed by atoms with van der Waals surface area (Å²) in [7, 11) is 1.58. The molecule has 0 saturated carbocycles. The molecule has 24 heavy (non-hydrogen) atoms. The number of carbonyl (C=O) groups excluding carboxylic acids is 1. The number of rotatable bonds is 6. The Morgan fingerprint density at radius 2 is 1.88 bits per heavy atom. The molecule has 0 bridgehead atoms. The Kier molecular flexibility index (Phi) is 5.62. The Hall–Kier alpha value is -3.22. The van der Waals surface area contributed by atoms with Crippen molar-refractivity contribution in [3.63, 3.8) is 0 Å². The van der Waals surface area contributed by atoms with Crippen LogP contribution in [0, 0.1) is 0 Å². The molecule has 2 rings (SSSR count). The highest BCUT2D eigenvalue weighted by Gasteiger charge is 2.07. The minimum absolute atomic E-state index is 0.00449. The lowest BCUT2D eigenvalue weighted by Crippen LogP contribution is -2.26. The minimum Gasteiger partial charge on any atom is -0.508 e. The second-order valence-electron chi connectivity index (χ2n) is 5.02. The van der Waals surface area contributed by atoms with Crippen LogP contribution in [0.5, 0.6) is 17.2 Å². The van der Waals surface area contributed by atoms with E-state index in [0.29, 0.717) is 11.3 Å². The van der Waals surface area contributed by atoms with E-state index in [2.05, 4.69) is 15.8 Å². The van der Waals surface area contributed by atoms with Crippen molar-refractivity contribution in [1.82, 2.24) is 5.43 Å². The van der Waals surface area contributed by atoms with Gasteiger partial charge in [-0.15, -0.1) is 0 Å². The van der Waals surface area contributed by atoms with E-state index in [0.717, 1.165) is 11.4 Å². The number of nitrogens with one attached hydrogen (secondary N) is 2. The topological polar surface area (TPSA) is 103 Å². The number of hydrogen-bond acceptors (Lipinski definition) is 6. The highest BCUT2D eigenvalue weighted by atomic mass is 16.5. The fourth-order valence-corrected chi connectivity index (χ4v) is 1.95. The smallest absolute Gasteiger partial charge is 0.259 e. The lowest BCUT2D eigenvalue weighted by atomic mass is 10.1. The fraction of sp³-hybridized carbons (Fsp3) is 0.176. The van der Waals surface area contributed by atoms with E-state index >= 15 is 0 Å². The van der Waals surface area contributed by atoms with Gasteiger partial charge in [-0.2, -0.15) is 5.10 Å². The zero-order chi connectivity index (χ0) is 17.5. The molecule has 0 spiro atoms. The van der Waals surface area contributed by atoms with Crippen molar-refractivity contribution >= 4 is 17.3 Å². The normalized spacial score (nSPS) is 11.0. The van der Waals surface area contributed by atoms with Crippen molar-refractivity contribution in [2.75, 3.05) is 19.0 Å². The first-order valence-electron chi connectivity index (χ1n) is 7.23. The van der Waals surface area contributed by atoms with E-state index in [1.165, 1.54) is 18.2 Å². The maximum atomic E-state index is 11.8. The van der Waals surface area contributed by atoms with E-state index in [1.807, 2.05) is 0 Å². The van der Waals surface area contributed by atoms with Gasteiger partial charge in [0.25, 0.3) is 5.91 Å². The van der Waals surface area contributed by atoms with Crippen LogP contribution in [-0.4, -0.2) is 35.5 Å². The monoisotopic (exact) mass is 329 g/mol. The Labute approximate surface area is 139 Å². The lowest BCUT2D eigenvalue weighted by molar-refractivity contribution is -0.119. The van der Waals surface area contributed by atoms with Gasteiger partial charge in [0.1, 0.15) is 17.2 Å². The summed E-state index contributed by atoms with van der Waals surface area (Å²) in [6.07, 6.45) is 0. The highest BCUT2D eigenvalue weighted by molar-refractivity contribution is 6.01. The zero-order valence-corrected chi connectivity index (χ0v) is 13.4. The third-order valence-electron chi connectivity index (χ3n) is 3.26. The average Bonchev–Trinajstić information content (AvgIpc) is 2.60. The molecule has 7 heteroatoms. The van der Waals surface area contributed by atoms with Gasteiger partial charge in [0.2, 0.25) is 0 Å². The summed E-state index contributed by atoms with van der Waals surface area (Å²) in [5.74, 6) is 0.366. The second-order valence-corrected chi connectivity index (χ2v) is 5.02. The fourth-order valence-electron chi connectivity index (χ4n) is 1.95. The molecule has 0 unspecified atom stereocenters. The number of carbonyl (C=O) groups is 1. The van der Waals surface area contributed by atoms with E-state index in [-0.39, 0.29) is 24.0 Å². The largest absolute Gasteiger partial charge is 0.508 e. The van der Waals surface area contributed by atoms with Gasteiger partial charge in [-0.1, -0.05) is 0 Å². The first kappa shape index (κ1) is 17.1. The molecular formula is C17H19N3O4. The Morgan fingerprint density at radius 1 is 1.17 bits per heavy atom. The van der Waals surface area contributed by atoms with Crippen molar-refractivity contribution in [2.24, 2.45) is 5.10 Å². The van der Waals surface area contributed by atoms with E-state index in [1.54, 1.807) is 38.3 Å². The first-order valence-corrected chi connectivity index (χ1v) is 7.23. The third kappa shape index (κ3) is 4.64. The maximum absolute atomic E-state index is 11.8. The number of aromatic hydroxyl groups is 2. The van der Waals surface area contributed by atoms with Gasteiger partial charge in [0.15, 0.2) is 0 Å². The molecule has 4 N–H and O–H groups in total. The number of phenolic OH excluding ortho intramolecular Hbond substituents is 2. The van der Waals surface area contributed by atoms with Crippen LogP contribution in [0.1, 0.15) is 12.5 Å². The third-order valence-corrected chi connectivity index (χ3v) is 3.26. The number of phenols is 2. The van der Waals surface area contributed by atoms with Gasteiger partial charge in [0.05, 0.1) is 19.4 Å². The molecule has 0 aliphatic rings. The summed E-state index contributed by atoms with van der Waals surface area (Å²) in [6.45, 7) is 1.65. The summed E-state index contributed by atoms with van der Waals surface area (Å²) in [4.78, 5) is 11.8. The van der Waals surface area contributed by atoms with Gasteiger partial charge in [-0.3, -0.25) is 4.79 Å². The number of ether oxygens (including phenoxy) is 1. The van der Waals surface area contributed by atoms with Crippen LogP contribution in [0.15, 0.2) is 47.6 Å². The summed E-state index contributed by atoms with van der Waals surface area (Å²) in [5.41, 5.74) is 3.89. The molecule has 7 nitrogen and oxygen atoms in total. The minimum atomic E-state index is -0.343. The molecule has 2 aromatic rings. The van der Waals surface area contributed by atoms with Crippen molar-refractivity contribution in [2.45, 2.75) is 6.92 Å². The van der Waals surface area contributed by atoms with E-state index in [9.17, 15) is 15.0 Å². The van der Waals surface area contributed by atoms with Crippen LogP contribution in [-0.2, 0) is 4.79 Å². The number of benzene rings is 2. The van der Waals surface area contributed by atoms with Gasteiger partial charge < -0.3 is 20.3 Å². The van der Waals surface area contributed by atoms with Crippen LogP contribution in [0.25, 0.3) is 0 Å². The average molecular weight is 329 g/mol. The SMILES string of the molecule is COc1ccc(NCC(=O)N/N=C(/C)c2cc(O)ccc2O)cc1. The number of hydrogen-bond donors (Lipinski definition) is 4. The second kappa shape index (κ2) is 7.87. The molecular weight excluding hydrogens is 310 g/mol. The number of methoxy groups -OCH3 is 1. The molecule has 126 valence electrons. The molecule has 0 aliphatic heterocycles. The van der Waals surface area contributed by atoms with Gasteiger partial charge in [-0.25, -0.2) is 5.43 Å². The summed E-state index contributed by atoms with van der Waals surface area (Å²) in [5, 5.41) is 26.1. The molecule has 0 fully saturated rings. The summed E-state index contributed by atoms with van der Waals surface area (Å²) in [6, 6.07) is 11.3. The quantitative estimate of drug-likeness (QED) is 0.369. The zero-order valence-electron chi connectivity index (χ0n) is 13.4. The van der Waals surface area contributed by atoms with Crippen molar-refractivity contribution in [3.8, 4) is 17.2 Å². The van der Waals surface area contributed by atoms with E-state index in [4.69, 9.17) is 4.74 Å². The van der Waals surface area contributed by atoms with Crippen LogP contribution in [0.4, 0.5) is 5.69 Å². The molecule has 0 aromatic heterocycles. The predicted molar refractivity (Wildman–Crippen MR) is 91.6 cm³/mol. The highest BCUT2D eigenvalue weighted by Crippen LogP contribution is 2.22. The molecule has 0 radical (unpaired) electrons. The number of nitrogens with zero attached hydrogens (tertiary/aromatic N) is 1. The summed E-state index contributed by atoms with van der Waals surface area (Å²) >= 11 is 0. The van der Waals surface area contributed by atoms with Crippen molar-refractivity contribution in [1.29, 1.82) is 0 Å².